The zero-order valence-electron chi connectivity index (χ0n) is 30.3. The molecule has 0 N–H and O–H groups in total. The van der Waals surface area contributed by atoms with E-state index in [1.807, 2.05) is 12.1 Å². The molecule has 0 bridgehead atoms. The van der Waals surface area contributed by atoms with Gasteiger partial charge in [0.1, 0.15) is 11.2 Å². The monoisotopic (exact) mass is 695 g/mol. The van der Waals surface area contributed by atoms with E-state index in [1.54, 1.807) is 0 Å². The SMILES string of the molecule is c1ccc(-c2ccccc2N(c2ccc(-c3ccc4oc5ccccc5c4c3)cc2)c2ccccc2-c2cccc3cccc(C4CCCCC4)c23)cc1. The summed E-state index contributed by atoms with van der Waals surface area (Å²) in [4.78, 5) is 2.47. The smallest absolute Gasteiger partial charge is 0.135 e. The highest BCUT2D eigenvalue weighted by atomic mass is 16.3. The van der Waals surface area contributed by atoms with E-state index in [2.05, 4.69) is 175 Å². The maximum absolute atomic E-state index is 6.15. The number of para-hydroxylation sites is 3. The number of hydrogen-bond donors (Lipinski definition) is 0. The van der Waals surface area contributed by atoms with Gasteiger partial charge < -0.3 is 9.32 Å². The molecule has 54 heavy (non-hydrogen) atoms. The number of anilines is 3. The fourth-order valence-electron chi connectivity index (χ4n) is 8.89. The van der Waals surface area contributed by atoms with Crippen LogP contribution in [0, 0.1) is 0 Å². The van der Waals surface area contributed by atoms with E-state index in [0.29, 0.717) is 5.92 Å². The van der Waals surface area contributed by atoms with Crippen molar-refractivity contribution in [1.29, 1.82) is 0 Å². The number of furan rings is 1. The Balaban J connectivity index is 1.15. The molecule has 1 aliphatic carbocycles. The largest absolute Gasteiger partial charge is 0.456 e. The predicted octanol–water partition coefficient (Wildman–Crippen LogP) is 15.3. The Labute approximate surface area is 316 Å². The van der Waals surface area contributed by atoms with Crippen LogP contribution in [0.1, 0.15) is 43.6 Å². The molecule has 0 aliphatic heterocycles. The van der Waals surface area contributed by atoms with Crippen molar-refractivity contribution in [3.8, 4) is 33.4 Å². The van der Waals surface area contributed by atoms with Crippen LogP contribution in [0.15, 0.2) is 186 Å². The normalized spacial score (nSPS) is 13.5. The fraction of sp³-hybridized carbons (Fsp3) is 0.115. The second-order valence-corrected chi connectivity index (χ2v) is 14.7. The minimum Gasteiger partial charge on any atom is -0.456 e. The lowest BCUT2D eigenvalue weighted by molar-refractivity contribution is 0.445. The van der Waals surface area contributed by atoms with E-state index in [9.17, 15) is 0 Å². The topological polar surface area (TPSA) is 16.4 Å². The van der Waals surface area contributed by atoms with E-state index in [4.69, 9.17) is 4.42 Å². The third-order valence-corrected chi connectivity index (χ3v) is 11.5. The molecule has 10 rings (SSSR count). The van der Waals surface area contributed by atoms with E-state index >= 15 is 0 Å². The van der Waals surface area contributed by atoms with Crippen molar-refractivity contribution in [2.45, 2.75) is 38.0 Å². The Morgan fingerprint density at radius 1 is 0.426 bits per heavy atom. The van der Waals surface area contributed by atoms with Crippen LogP contribution in [0.2, 0.25) is 0 Å². The van der Waals surface area contributed by atoms with Crippen LogP contribution in [0.3, 0.4) is 0 Å². The summed E-state index contributed by atoms with van der Waals surface area (Å²) in [5.74, 6) is 0.595. The number of rotatable bonds is 7. The average Bonchev–Trinajstić information content (AvgIpc) is 3.63. The molecule has 0 atom stereocenters. The minimum absolute atomic E-state index is 0.595. The number of fused-ring (bicyclic) bond motifs is 4. The van der Waals surface area contributed by atoms with Crippen LogP contribution in [0.25, 0.3) is 66.1 Å². The van der Waals surface area contributed by atoms with Gasteiger partial charge in [0.15, 0.2) is 0 Å². The summed E-state index contributed by atoms with van der Waals surface area (Å²) >= 11 is 0. The lowest BCUT2D eigenvalue weighted by Crippen LogP contribution is -2.12. The number of nitrogens with zero attached hydrogens (tertiary/aromatic N) is 1. The summed E-state index contributed by atoms with van der Waals surface area (Å²) in [5, 5.41) is 5.00. The molecule has 9 aromatic rings. The molecule has 8 aromatic carbocycles. The second kappa shape index (κ2) is 13.9. The highest BCUT2D eigenvalue weighted by Crippen LogP contribution is 2.48. The first-order chi connectivity index (χ1) is 26.8. The molecule has 1 fully saturated rings. The van der Waals surface area contributed by atoms with Gasteiger partial charge in [-0.1, -0.05) is 159 Å². The first-order valence-electron chi connectivity index (χ1n) is 19.4. The van der Waals surface area contributed by atoms with Gasteiger partial charge >= 0.3 is 0 Å². The standard InChI is InChI=1S/C52H41NO/c1-3-15-37(16-4-1)42-21-7-10-26-48(42)53(41-32-29-36(30-33-41)40-31-34-51-47(35-40)45-23-9-12-28-50(45)54-51)49-27-11-8-22-44(49)46-25-14-20-39-19-13-24-43(52(39)46)38-17-5-2-6-18-38/h1,3-4,7-16,19-35,38H,2,5-6,17-18H2. The quantitative estimate of drug-likeness (QED) is 0.165. The van der Waals surface area contributed by atoms with Crippen molar-refractivity contribution in [3.63, 3.8) is 0 Å². The molecule has 0 spiro atoms. The highest BCUT2D eigenvalue weighted by molar-refractivity contribution is 6.07. The van der Waals surface area contributed by atoms with Gasteiger partial charge in [-0.2, -0.15) is 0 Å². The van der Waals surface area contributed by atoms with Gasteiger partial charge in [-0.3, -0.25) is 0 Å². The maximum atomic E-state index is 6.15. The Hall–Kier alpha value is -6.38. The second-order valence-electron chi connectivity index (χ2n) is 14.7. The van der Waals surface area contributed by atoms with Crippen LogP contribution < -0.4 is 4.90 Å². The minimum atomic E-state index is 0.595. The van der Waals surface area contributed by atoms with Gasteiger partial charge in [-0.15, -0.1) is 0 Å². The fourth-order valence-corrected chi connectivity index (χ4v) is 8.89. The molecule has 260 valence electrons. The molecule has 0 radical (unpaired) electrons. The van der Waals surface area contributed by atoms with Crippen LogP contribution in [-0.4, -0.2) is 0 Å². The Kier molecular flexibility index (Phi) is 8.30. The van der Waals surface area contributed by atoms with Gasteiger partial charge in [0.05, 0.1) is 11.4 Å². The Morgan fingerprint density at radius 2 is 1.06 bits per heavy atom. The maximum Gasteiger partial charge on any atom is 0.135 e. The molecule has 1 saturated carbocycles. The van der Waals surface area contributed by atoms with E-state index in [1.165, 1.54) is 81.8 Å². The molecule has 0 saturated heterocycles. The third kappa shape index (κ3) is 5.76. The molecule has 0 amide bonds. The van der Waals surface area contributed by atoms with Gasteiger partial charge in [-0.05, 0) is 99.8 Å². The first-order valence-corrected chi connectivity index (χ1v) is 19.4. The van der Waals surface area contributed by atoms with E-state index in [-0.39, 0.29) is 0 Å². The Bertz CT molecular complexity index is 2750. The molecule has 0 unspecified atom stereocenters. The summed E-state index contributed by atoms with van der Waals surface area (Å²) in [6.07, 6.45) is 6.50. The van der Waals surface area contributed by atoms with Crippen molar-refractivity contribution in [2.75, 3.05) is 4.90 Å². The van der Waals surface area contributed by atoms with Crippen LogP contribution in [-0.2, 0) is 0 Å². The van der Waals surface area contributed by atoms with Gasteiger partial charge in [0.2, 0.25) is 0 Å². The van der Waals surface area contributed by atoms with Crippen molar-refractivity contribution in [2.24, 2.45) is 0 Å². The molecule has 2 nitrogen and oxygen atoms in total. The average molecular weight is 696 g/mol. The lowest BCUT2D eigenvalue weighted by Gasteiger charge is -2.31. The summed E-state index contributed by atoms with van der Waals surface area (Å²) in [6, 6.07) is 66.3. The highest BCUT2D eigenvalue weighted by Gasteiger charge is 2.24. The molecular formula is C52H41NO. The molecule has 1 heterocycles. The van der Waals surface area contributed by atoms with E-state index < -0.39 is 0 Å². The Morgan fingerprint density at radius 3 is 1.87 bits per heavy atom. The zero-order valence-corrected chi connectivity index (χ0v) is 30.3. The number of benzene rings is 8. The molecule has 1 aliphatic rings. The first kappa shape index (κ1) is 32.3. The lowest BCUT2D eigenvalue weighted by atomic mass is 9.80. The molecular weight excluding hydrogens is 655 g/mol. The zero-order chi connectivity index (χ0) is 35.8. The summed E-state index contributed by atoms with van der Waals surface area (Å²) < 4.78 is 6.15. The summed E-state index contributed by atoms with van der Waals surface area (Å²) in [7, 11) is 0. The van der Waals surface area contributed by atoms with Crippen molar-refractivity contribution in [3.05, 3.63) is 188 Å². The van der Waals surface area contributed by atoms with Crippen LogP contribution in [0.4, 0.5) is 17.1 Å². The summed E-state index contributed by atoms with van der Waals surface area (Å²) in [6.45, 7) is 0. The predicted molar refractivity (Wildman–Crippen MR) is 228 cm³/mol. The van der Waals surface area contributed by atoms with Crippen LogP contribution in [0.5, 0.6) is 0 Å². The van der Waals surface area contributed by atoms with Gasteiger partial charge in [0, 0.05) is 27.6 Å². The van der Waals surface area contributed by atoms with Gasteiger partial charge in [0.25, 0.3) is 0 Å². The van der Waals surface area contributed by atoms with E-state index in [0.717, 1.165) is 39.0 Å². The third-order valence-electron chi connectivity index (χ3n) is 11.5. The van der Waals surface area contributed by atoms with Gasteiger partial charge in [-0.25, -0.2) is 0 Å². The number of hydrogen-bond acceptors (Lipinski definition) is 2. The molecule has 2 heteroatoms. The van der Waals surface area contributed by atoms with Crippen molar-refractivity contribution < 1.29 is 4.42 Å². The van der Waals surface area contributed by atoms with Crippen molar-refractivity contribution >= 4 is 49.8 Å². The summed E-state index contributed by atoms with van der Waals surface area (Å²) in [5.41, 5.74) is 14.0. The molecule has 1 aromatic heterocycles. The van der Waals surface area contributed by atoms with Crippen molar-refractivity contribution in [1.82, 2.24) is 0 Å². The van der Waals surface area contributed by atoms with Crippen LogP contribution >= 0.6 is 0 Å².